The molecule has 0 radical (unpaired) electrons. The molecule has 2 aliphatic rings. The minimum Gasteiger partial charge on any atom is -0.481 e. The molecule has 1 aromatic heterocycles. The van der Waals surface area contributed by atoms with Gasteiger partial charge in [0, 0.05) is 52.4 Å². The van der Waals surface area contributed by atoms with Gasteiger partial charge in [0.1, 0.15) is 5.82 Å². The lowest BCUT2D eigenvalue weighted by atomic mass is 10.1. The van der Waals surface area contributed by atoms with E-state index in [2.05, 4.69) is 34.0 Å². The van der Waals surface area contributed by atoms with E-state index >= 15 is 0 Å². The topological polar surface area (TPSA) is 125 Å². The molecule has 9 nitrogen and oxygen atoms in total. The van der Waals surface area contributed by atoms with E-state index in [1.165, 1.54) is 5.52 Å². The Kier molecular flexibility index (Phi) is 7.11. The number of rotatable bonds is 2. The summed E-state index contributed by atoms with van der Waals surface area (Å²) in [5.74, 6) is 0.122. The van der Waals surface area contributed by atoms with E-state index in [0.717, 1.165) is 44.8 Å². The molecule has 0 aliphatic carbocycles. The number of hydrogen-bond acceptors (Lipinski definition) is 5. The minimum absolute atomic E-state index is 0.211. The number of likely N-dealkylation sites (tertiary alicyclic amines) is 1. The zero-order valence-electron chi connectivity index (χ0n) is 16.3. The van der Waals surface area contributed by atoms with Gasteiger partial charge in [0.2, 0.25) is 5.91 Å². The van der Waals surface area contributed by atoms with Crippen LogP contribution >= 0.6 is 0 Å². The molecule has 3 N–H and O–H groups in total. The molecule has 9 heteroatoms. The molecule has 2 aromatic rings. The van der Waals surface area contributed by atoms with Crippen molar-refractivity contribution in [2.75, 3.05) is 13.1 Å². The van der Waals surface area contributed by atoms with Crippen molar-refractivity contribution < 1.29 is 24.6 Å². The molecule has 28 heavy (non-hydrogen) atoms. The zero-order valence-corrected chi connectivity index (χ0v) is 16.3. The molecular weight excluding hydrogens is 364 g/mol. The predicted molar refractivity (Wildman–Crippen MR) is 103 cm³/mol. The first-order chi connectivity index (χ1) is 13.2. The quantitative estimate of drug-likeness (QED) is 0.700. The van der Waals surface area contributed by atoms with Crippen LogP contribution in [0.3, 0.4) is 0 Å². The van der Waals surface area contributed by atoms with Crippen LogP contribution in [-0.2, 0) is 28.0 Å². The lowest BCUT2D eigenvalue weighted by molar-refractivity contribution is -0.135. The van der Waals surface area contributed by atoms with Crippen LogP contribution in [0.2, 0.25) is 0 Å². The number of carbonyl (C=O) groups is 3. The molecule has 4 rings (SSSR count). The number of carboxylic acid groups (broad SMARTS) is 2. The van der Waals surface area contributed by atoms with Crippen molar-refractivity contribution in [2.45, 2.75) is 32.9 Å². The second kappa shape index (κ2) is 9.32. The molecule has 2 atom stereocenters. The Morgan fingerprint density at radius 3 is 2.36 bits per heavy atom. The van der Waals surface area contributed by atoms with Gasteiger partial charge < -0.3 is 20.1 Å². The SMILES string of the molecule is CC(=O)O.CC(=O)O.Cn1c(CN2C[C@@H]3CC(=O)N[C@@H]3C2)nc2ccccc21. The fraction of sp³-hybridized carbons (Fsp3) is 0.474. The fourth-order valence-electron chi connectivity index (χ4n) is 3.50. The van der Waals surface area contributed by atoms with Crippen LogP contribution in [0.1, 0.15) is 26.1 Å². The summed E-state index contributed by atoms with van der Waals surface area (Å²) in [6, 6.07) is 8.57. The highest BCUT2D eigenvalue weighted by molar-refractivity contribution is 5.79. The van der Waals surface area contributed by atoms with Gasteiger partial charge in [0.05, 0.1) is 17.6 Å². The number of nitrogens with zero attached hydrogens (tertiary/aromatic N) is 3. The van der Waals surface area contributed by atoms with Crippen LogP contribution in [0, 0.1) is 5.92 Å². The predicted octanol–water partition coefficient (Wildman–Crippen LogP) is 1.08. The monoisotopic (exact) mass is 390 g/mol. The van der Waals surface area contributed by atoms with Crippen LogP contribution in [0.15, 0.2) is 24.3 Å². The first kappa shape index (κ1) is 21.4. The van der Waals surface area contributed by atoms with Gasteiger partial charge in [-0.3, -0.25) is 19.3 Å². The molecule has 1 amide bonds. The van der Waals surface area contributed by atoms with Crippen molar-refractivity contribution in [3.63, 3.8) is 0 Å². The summed E-state index contributed by atoms with van der Waals surface area (Å²) in [7, 11) is 2.07. The molecule has 2 saturated heterocycles. The van der Waals surface area contributed by atoms with Gasteiger partial charge >= 0.3 is 0 Å². The van der Waals surface area contributed by atoms with Crippen LogP contribution < -0.4 is 5.32 Å². The van der Waals surface area contributed by atoms with Gasteiger partial charge in [-0.1, -0.05) is 12.1 Å². The van der Waals surface area contributed by atoms with Crippen molar-refractivity contribution in [3.8, 4) is 0 Å². The Bertz CT molecular complexity index is 827. The van der Waals surface area contributed by atoms with Gasteiger partial charge in [-0.25, -0.2) is 4.98 Å². The van der Waals surface area contributed by atoms with Gasteiger partial charge in [0.15, 0.2) is 0 Å². The summed E-state index contributed by atoms with van der Waals surface area (Å²) in [4.78, 5) is 36.5. The first-order valence-corrected chi connectivity index (χ1v) is 8.98. The maximum Gasteiger partial charge on any atom is 0.300 e. The summed E-state index contributed by atoms with van der Waals surface area (Å²) in [6.45, 7) is 4.96. The molecule has 0 spiro atoms. The number of benzene rings is 1. The number of aryl methyl sites for hydroxylation is 1. The third kappa shape index (κ3) is 5.78. The number of nitrogens with one attached hydrogen (secondary N) is 1. The molecule has 2 aliphatic heterocycles. The van der Waals surface area contributed by atoms with E-state index in [9.17, 15) is 4.79 Å². The number of aliphatic carboxylic acids is 2. The molecule has 1 aromatic carbocycles. The highest BCUT2D eigenvalue weighted by Crippen LogP contribution is 2.26. The van der Waals surface area contributed by atoms with E-state index in [0.29, 0.717) is 18.4 Å². The normalized spacial score (nSPS) is 20.5. The molecule has 0 bridgehead atoms. The Labute approximate surface area is 163 Å². The number of carbonyl (C=O) groups excluding carboxylic acids is 1. The van der Waals surface area contributed by atoms with Crippen LogP contribution in [0.4, 0.5) is 0 Å². The average molecular weight is 390 g/mol. The van der Waals surface area contributed by atoms with Gasteiger partial charge in [0.25, 0.3) is 11.9 Å². The second-order valence-corrected chi connectivity index (χ2v) is 6.95. The number of hydrogen-bond donors (Lipinski definition) is 3. The van der Waals surface area contributed by atoms with Crippen LogP contribution in [0.5, 0.6) is 0 Å². The lowest BCUT2D eigenvalue weighted by Gasteiger charge is -2.16. The highest BCUT2D eigenvalue weighted by Gasteiger charge is 2.39. The van der Waals surface area contributed by atoms with Crippen LogP contribution in [-0.4, -0.2) is 61.6 Å². The van der Waals surface area contributed by atoms with Gasteiger partial charge in [-0.15, -0.1) is 0 Å². The van der Waals surface area contributed by atoms with Crippen molar-refractivity contribution in [3.05, 3.63) is 30.1 Å². The summed E-state index contributed by atoms with van der Waals surface area (Å²) >= 11 is 0. The molecule has 3 heterocycles. The average Bonchev–Trinajstić information content (AvgIpc) is 3.19. The van der Waals surface area contributed by atoms with E-state index in [-0.39, 0.29) is 5.91 Å². The molecule has 0 saturated carbocycles. The fourth-order valence-corrected chi connectivity index (χ4v) is 3.50. The van der Waals surface area contributed by atoms with Crippen molar-refractivity contribution >= 4 is 28.9 Å². The maximum atomic E-state index is 11.3. The molecule has 152 valence electrons. The number of amides is 1. The Hall–Kier alpha value is -2.94. The molecule has 0 unspecified atom stereocenters. The van der Waals surface area contributed by atoms with Crippen molar-refractivity contribution in [1.82, 2.24) is 19.8 Å². The van der Waals surface area contributed by atoms with Crippen LogP contribution in [0.25, 0.3) is 11.0 Å². The number of fused-ring (bicyclic) bond motifs is 2. The van der Waals surface area contributed by atoms with Gasteiger partial charge in [-0.2, -0.15) is 0 Å². The smallest absolute Gasteiger partial charge is 0.300 e. The highest BCUT2D eigenvalue weighted by atomic mass is 16.4. The third-order valence-electron chi connectivity index (χ3n) is 4.56. The van der Waals surface area contributed by atoms with E-state index in [4.69, 9.17) is 24.8 Å². The molecular formula is C19H26N4O5. The Balaban J connectivity index is 0.000000302. The third-order valence-corrected chi connectivity index (χ3v) is 4.56. The van der Waals surface area contributed by atoms with Crippen molar-refractivity contribution in [1.29, 1.82) is 0 Å². The summed E-state index contributed by atoms with van der Waals surface area (Å²) < 4.78 is 2.17. The number of aromatic nitrogens is 2. The van der Waals surface area contributed by atoms with E-state index in [1.807, 2.05) is 12.1 Å². The zero-order chi connectivity index (χ0) is 20.8. The summed E-state index contributed by atoms with van der Waals surface area (Å²) in [5, 5.41) is 17.9. The number of imidazole rings is 1. The number of carboxylic acids is 2. The maximum absolute atomic E-state index is 11.3. The Morgan fingerprint density at radius 2 is 1.79 bits per heavy atom. The van der Waals surface area contributed by atoms with E-state index < -0.39 is 11.9 Å². The second-order valence-electron chi connectivity index (χ2n) is 6.95. The van der Waals surface area contributed by atoms with Crippen molar-refractivity contribution in [2.24, 2.45) is 13.0 Å². The summed E-state index contributed by atoms with van der Waals surface area (Å²) in [5.41, 5.74) is 2.23. The van der Waals surface area contributed by atoms with Gasteiger partial charge in [-0.05, 0) is 12.1 Å². The standard InChI is InChI=1S/C15H18N4O.2C2H4O2/c1-18-13-5-3-2-4-11(13)16-14(18)9-19-7-10-6-15(20)17-12(10)8-19;2*1-2(3)4/h2-5,10,12H,6-9H2,1H3,(H,17,20);2*1H3,(H,3,4)/t10-,12+;;/m0../s1. The lowest BCUT2D eigenvalue weighted by Crippen LogP contribution is -2.32. The Morgan fingerprint density at radius 1 is 1.18 bits per heavy atom. The molecule has 2 fully saturated rings. The minimum atomic E-state index is -0.833. The number of para-hydroxylation sites is 2. The first-order valence-electron chi connectivity index (χ1n) is 8.98. The van der Waals surface area contributed by atoms with E-state index in [1.54, 1.807) is 0 Å². The largest absolute Gasteiger partial charge is 0.481 e. The summed E-state index contributed by atoms with van der Waals surface area (Å²) in [6.07, 6.45) is 0.684.